The molecule has 0 bridgehead atoms. The van der Waals surface area contributed by atoms with Crippen molar-refractivity contribution < 1.29 is 14.3 Å². The number of urea groups is 1. The maximum atomic E-state index is 12.3. The molecule has 2 amide bonds. The molecular weight excluding hydrogens is 328 g/mol. The molecule has 0 aliphatic carbocycles. The van der Waals surface area contributed by atoms with Crippen molar-refractivity contribution in [2.75, 3.05) is 19.5 Å². The SMILES string of the molecule is CC[C@@H](NC(=O)Nc1ccc(OC)cc1OC)c1ccc(Cl)cc1. The lowest BCUT2D eigenvalue weighted by atomic mass is 10.1. The van der Waals surface area contributed by atoms with E-state index in [1.807, 2.05) is 31.2 Å². The second kappa shape index (κ2) is 8.45. The third-order valence-electron chi connectivity index (χ3n) is 3.64. The summed E-state index contributed by atoms with van der Waals surface area (Å²) in [6, 6.07) is 12.2. The predicted molar refractivity (Wildman–Crippen MR) is 96.2 cm³/mol. The van der Waals surface area contributed by atoms with Gasteiger partial charge in [0.15, 0.2) is 0 Å². The van der Waals surface area contributed by atoms with E-state index in [0.29, 0.717) is 22.2 Å². The molecule has 0 aromatic heterocycles. The van der Waals surface area contributed by atoms with Crippen molar-refractivity contribution in [3.63, 3.8) is 0 Å². The normalized spacial score (nSPS) is 11.5. The molecule has 6 heteroatoms. The van der Waals surface area contributed by atoms with Crippen LogP contribution in [0.15, 0.2) is 42.5 Å². The van der Waals surface area contributed by atoms with Crippen molar-refractivity contribution in [2.24, 2.45) is 0 Å². The highest BCUT2D eigenvalue weighted by atomic mass is 35.5. The Hall–Kier alpha value is -2.40. The molecule has 0 radical (unpaired) electrons. The van der Waals surface area contributed by atoms with Crippen molar-refractivity contribution in [3.05, 3.63) is 53.1 Å². The first-order chi connectivity index (χ1) is 11.6. The first-order valence-corrected chi connectivity index (χ1v) is 8.00. The van der Waals surface area contributed by atoms with E-state index in [4.69, 9.17) is 21.1 Å². The number of methoxy groups -OCH3 is 2. The van der Waals surface area contributed by atoms with Gasteiger partial charge >= 0.3 is 6.03 Å². The van der Waals surface area contributed by atoms with Crippen LogP contribution in [-0.2, 0) is 0 Å². The van der Waals surface area contributed by atoms with E-state index in [-0.39, 0.29) is 12.1 Å². The number of nitrogens with one attached hydrogen (secondary N) is 2. The Labute approximate surface area is 146 Å². The van der Waals surface area contributed by atoms with Gasteiger partial charge in [0.25, 0.3) is 0 Å². The Morgan fingerprint density at radius 3 is 2.42 bits per heavy atom. The number of halogens is 1. The number of ether oxygens (including phenoxy) is 2. The highest BCUT2D eigenvalue weighted by molar-refractivity contribution is 6.30. The molecule has 5 nitrogen and oxygen atoms in total. The molecule has 2 N–H and O–H groups in total. The molecular formula is C18H21ClN2O3. The monoisotopic (exact) mass is 348 g/mol. The van der Waals surface area contributed by atoms with Gasteiger partial charge in [0.2, 0.25) is 0 Å². The topological polar surface area (TPSA) is 59.6 Å². The first kappa shape index (κ1) is 17.9. The summed E-state index contributed by atoms with van der Waals surface area (Å²) in [5, 5.41) is 6.42. The van der Waals surface area contributed by atoms with Gasteiger partial charge in [-0.2, -0.15) is 0 Å². The second-order valence-electron chi connectivity index (χ2n) is 5.18. The lowest BCUT2D eigenvalue weighted by Crippen LogP contribution is -2.32. The molecule has 0 aliphatic rings. The number of benzene rings is 2. The quantitative estimate of drug-likeness (QED) is 0.800. The number of carbonyl (C=O) groups is 1. The Kier molecular flexibility index (Phi) is 6.32. The van der Waals surface area contributed by atoms with Crippen molar-refractivity contribution in [2.45, 2.75) is 19.4 Å². The lowest BCUT2D eigenvalue weighted by molar-refractivity contribution is 0.248. The van der Waals surface area contributed by atoms with E-state index in [0.717, 1.165) is 12.0 Å². The average molecular weight is 349 g/mol. The minimum absolute atomic E-state index is 0.105. The van der Waals surface area contributed by atoms with Crippen LogP contribution in [0.5, 0.6) is 11.5 Å². The molecule has 0 fully saturated rings. The fourth-order valence-electron chi connectivity index (χ4n) is 2.33. The summed E-state index contributed by atoms with van der Waals surface area (Å²) >= 11 is 5.91. The largest absolute Gasteiger partial charge is 0.497 e. The van der Waals surface area contributed by atoms with Crippen LogP contribution in [0.1, 0.15) is 24.9 Å². The summed E-state index contributed by atoms with van der Waals surface area (Å²) in [5.41, 5.74) is 1.57. The highest BCUT2D eigenvalue weighted by Gasteiger charge is 2.14. The summed E-state index contributed by atoms with van der Waals surface area (Å²) < 4.78 is 10.4. The zero-order valence-corrected chi connectivity index (χ0v) is 14.7. The van der Waals surface area contributed by atoms with Gasteiger partial charge in [-0.25, -0.2) is 4.79 Å². The number of hydrogen-bond donors (Lipinski definition) is 2. The van der Waals surface area contributed by atoms with E-state index in [1.165, 1.54) is 0 Å². The third-order valence-corrected chi connectivity index (χ3v) is 3.89. The van der Waals surface area contributed by atoms with Crippen LogP contribution in [0.2, 0.25) is 5.02 Å². The summed E-state index contributed by atoms with van der Waals surface area (Å²) in [5.74, 6) is 1.19. The standard InChI is InChI=1S/C18H21ClN2O3/c1-4-15(12-5-7-13(19)8-6-12)20-18(22)21-16-10-9-14(23-2)11-17(16)24-3/h5-11,15H,4H2,1-3H3,(H2,20,21,22)/t15-/m1/s1. The predicted octanol–water partition coefficient (Wildman–Crippen LogP) is 4.63. The Bertz CT molecular complexity index is 689. The lowest BCUT2D eigenvalue weighted by Gasteiger charge is -2.19. The number of rotatable bonds is 6. The highest BCUT2D eigenvalue weighted by Crippen LogP contribution is 2.29. The Morgan fingerprint density at radius 1 is 1.12 bits per heavy atom. The van der Waals surface area contributed by atoms with E-state index in [2.05, 4.69) is 10.6 Å². The first-order valence-electron chi connectivity index (χ1n) is 7.62. The number of anilines is 1. The van der Waals surface area contributed by atoms with E-state index in [9.17, 15) is 4.79 Å². The maximum absolute atomic E-state index is 12.3. The Balaban J connectivity index is 2.07. The number of amides is 2. The molecule has 0 saturated carbocycles. The maximum Gasteiger partial charge on any atom is 0.319 e. The van der Waals surface area contributed by atoms with Crippen LogP contribution < -0.4 is 20.1 Å². The molecule has 128 valence electrons. The van der Waals surface area contributed by atoms with Crippen LogP contribution in [0.4, 0.5) is 10.5 Å². The van der Waals surface area contributed by atoms with Gasteiger partial charge in [0, 0.05) is 11.1 Å². The van der Waals surface area contributed by atoms with Crippen LogP contribution in [-0.4, -0.2) is 20.3 Å². The van der Waals surface area contributed by atoms with Crippen LogP contribution >= 0.6 is 11.6 Å². The fraction of sp³-hybridized carbons (Fsp3) is 0.278. The molecule has 0 spiro atoms. The van der Waals surface area contributed by atoms with Crippen LogP contribution in [0, 0.1) is 0 Å². The fourth-order valence-corrected chi connectivity index (χ4v) is 2.46. The van der Waals surface area contributed by atoms with Gasteiger partial charge in [-0.15, -0.1) is 0 Å². The second-order valence-corrected chi connectivity index (χ2v) is 5.61. The number of hydrogen-bond acceptors (Lipinski definition) is 3. The van der Waals surface area contributed by atoms with Crippen molar-refractivity contribution in [1.29, 1.82) is 0 Å². The van der Waals surface area contributed by atoms with E-state index in [1.54, 1.807) is 32.4 Å². The molecule has 24 heavy (non-hydrogen) atoms. The van der Waals surface area contributed by atoms with Gasteiger partial charge in [0.05, 0.1) is 25.9 Å². The van der Waals surface area contributed by atoms with Gasteiger partial charge in [-0.05, 0) is 36.2 Å². The summed E-state index contributed by atoms with van der Waals surface area (Å²) in [7, 11) is 3.12. The average Bonchev–Trinajstić information content (AvgIpc) is 2.60. The van der Waals surface area contributed by atoms with Crippen LogP contribution in [0.3, 0.4) is 0 Å². The molecule has 2 aromatic rings. The zero-order chi connectivity index (χ0) is 17.5. The number of carbonyl (C=O) groups excluding carboxylic acids is 1. The zero-order valence-electron chi connectivity index (χ0n) is 13.9. The van der Waals surface area contributed by atoms with Gasteiger partial charge in [-0.1, -0.05) is 30.7 Å². The van der Waals surface area contributed by atoms with E-state index < -0.39 is 0 Å². The summed E-state index contributed by atoms with van der Waals surface area (Å²) in [4.78, 5) is 12.3. The third kappa shape index (κ3) is 4.55. The summed E-state index contributed by atoms with van der Waals surface area (Å²) in [6.07, 6.45) is 0.759. The molecule has 0 saturated heterocycles. The van der Waals surface area contributed by atoms with Crippen molar-refractivity contribution in [1.82, 2.24) is 5.32 Å². The van der Waals surface area contributed by atoms with Gasteiger partial charge in [-0.3, -0.25) is 0 Å². The molecule has 0 aliphatic heterocycles. The van der Waals surface area contributed by atoms with Gasteiger partial charge in [0.1, 0.15) is 11.5 Å². The molecule has 2 aromatic carbocycles. The summed E-state index contributed by atoms with van der Waals surface area (Å²) in [6.45, 7) is 2.01. The molecule has 2 rings (SSSR count). The van der Waals surface area contributed by atoms with Crippen molar-refractivity contribution in [3.8, 4) is 11.5 Å². The Morgan fingerprint density at radius 2 is 1.83 bits per heavy atom. The van der Waals surface area contributed by atoms with Crippen LogP contribution in [0.25, 0.3) is 0 Å². The minimum Gasteiger partial charge on any atom is -0.497 e. The van der Waals surface area contributed by atoms with Crippen molar-refractivity contribution >= 4 is 23.3 Å². The van der Waals surface area contributed by atoms with E-state index >= 15 is 0 Å². The van der Waals surface area contributed by atoms with Gasteiger partial charge < -0.3 is 20.1 Å². The molecule has 0 heterocycles. The molecule has 1 atom stereocenters. The molecule has 0 unspecified atom stereocenters. The smallest absolute Gasteiger partial charge is 0.319 e. The minimum atomic E-state index is -0.305.